The van der Waals surface area contributed by atoms with Crippen molar-refractivity contribution in [3.63, 3.8) is 0 Å². The molecule has 2 atom stereocenters. The molecule has 0 radical (unpaired) electrons. The van der Waals surface area contributed by atoms with Crippen LogP contribution in [0.1, 0.15) is 65.7 Å². The van der Waals surface area contributed by atoms with Gasteiger partial charge in [0.1, 0.15) is 6.10 Å². The number of carbonyl (C=O) groups is 1. The molecule has 0 amide bonds. The first kappa shape index (κ1) is 16.2. The Kier molecular flexibility index (Phi) is 9.89. The fourth-order valence-corrected chi connectivity index (χ4v) is 1.83. The molecule has 2 nitrogen and oxygen atoms in total. The Morgan fingerprint density at radius 1 is 1.18 bits per heavy atom. The predicted molar refractivity (Wildman–Crippen MR) is 72.9 cm³/mol. The Morgan fingerprint density at radius 3 is 2.35 bits per heavy atom. The summed E-state index contributed by atoms with van der Waals surface area (Å²) in [5.41, 5.74) is 0. The lowest BCUT2D eigenvalue weighted by Gasteiger charge is -2.19. The third-order valence-electron chi connectivity index (χ3n) is 3.28. The van der Waals surface area contributed by atoms with Crippen molar-refractivity contribution < 1.29 is 9.53 Å². The molecule has 0 spiro atoms. The number of unbranched alkanes of at least 4 members (excludes halogenated alkanes) is 5. The van der Waals surface area contributed by atoms with Gasteiger partial charge in [-0.1, -0.05) is 59.0 Å². The van der Waals surface area contributed by atoms with E-state index in [9.17, 15) is 4.79 Å². The molecule has 100 valence electrons. The van der Waals surface area contributed by atoms with Crippen molar-refractivity contribution >= 4 is 5.97 Å². The van der Waals surface area contributed by atoms with Crippen LogP contribution < -0.4 is 0 Å². The maximum atomic E-state index is 11.0. The number of ether oxygens (including phenoxy) is 1. The highest BCUT2D eigenvalue weighted by atomic mass is 16.5. The third kappa shape index (κ3) is 8.96. The van der Waals surface area contributed by atoms with Crippen LogP contribution in [0.5, 0.6) is 0 Å². The normalized spacial score (nSPS) is 14.1. The number of rotatable bonds is 10. The molecule has 0 aromatic rings. The fraction of sp³-hybridized carbons (Fsp3) is 0.800. The summed E-state index contributed by atoms with van der Waals surface area (Å²) in [6, 6.07) is 0. The smallest absolute Gasteiger partial charge is 0.330 e. The predicted octanol–water partition coefficient (Wildman–Crippen LogP) is 4.49. The molecule has 0 N–H and O–H groups in total. The molecule has 0 rings (SSSR count). The number of carbonyl (C=O) groups excluding carboxylic acids is 1. The molecule has 2 heteroatoms. The Hall–Kier alpha value is -0.790. The second-order valence-electron chi connectivity index (χ2n) is 4.88. The quantitative estimate of drug-likeness (QED) is 0.319. The SMILES string of the molecule is C=CC(=O)OC(C)C(C)CCCCCCCC. The highest BCUT2D eigenvalue weighted by Gasteiger charge is 2.14. The first-order chi connectivity index (χ1) is 8.11. The minimum Gasteiger partial charge on any atom is -0.459 e. The lowest BCUT2D eigenvalue weighted by molar-refractivity contribution is -0.144. The summed E-state index contributed by atoms with van der Waals surface area (Å²) >= 11 is 0. The topological polar surface area (TPSA) is 26.3 Å². The summed E-state index contributed by atoms with van der Waals surface area (Å²) < 4.78 is 5.20. The van der Waals surface area contributed by atoms with E-state index in [4.69, 9.17) is 4.74 Å². The fourth-order valence-electron chi connectivity index (χ4n) is 1.83. The van der Waals surface area contributed by atoms with Gasteiger partial charge in [0, 0.05) is 6.08 Å². The van der Waals surface area contributed by atoms with E-state index in [-0.39, 0.29) is 12.1 Å². The Labute approximate surface area is 106 Å². The molecule has 0 heterocycles. The largest absolute Gasteiger partial charge is 0.459 e. The molecule has 0 aliphatic carbocycles. The lowest BCUT2D eigenvalue weighted by Crippen LogP contribution is -2.21. The minimum absolute atomic E-state index is 0.00357. The molecule has 0 bridgehead atoms. The van der Waals surface area contributed by atoms with Gasteiger partial charge < -0.3 is 4.74 Å². The van der Waals surface area contributed by atoms with Crippen LogP contribution in [0.3, 0.4) is 0 Å². The van der Waals surface area contributed by atoms with Crippen LogP contribution in [0.4, 0.5) is 0 Å². The van der Waals surface area contributed by atoms with Crippen LogP contribution in [-0.4, -0.2) is 12.1 Å². The van der Waals surface area contributed by atoms with E-state index in [0.29, 0.717) is 5.92 Å². The first-order valence-electron chi connectivity index (χ1n) is 6.94. The zero-order valence-corrected chi connectivity index (χ0v) is 11.7. The van der Waals surface area contributed by atoms with Gasteiger partial charge in [0.2, 0.25) is 0 Å². The van der Waals surface area contributed by atoms with Crippen LogP contribution in [0.15, 0.2) is 12.7 Å². The second kappa shape index (κ2) is 10.4. The average Bonchev–Trinajstić information content (AvgIpc) is 2.32. The Bertz CT molecular complexity index is 211. The van der Waals surface area contributed by atoms with Gasteiger partial charge in [-0.05, 0) is 19.3 Å². The van der Waals surface area contributed by atoms with E-state index < -0.39 is 0 Å². The summed E-state index contributed by atoms with van der Waals surface area (Å²) in [5.74, 6) is 0.123. The highest BCUT2D eigenvalue weighted by Crippen LogP contribution is 2.17. The van der Waals surface area contributed by atoms with Crippen LogP contribution in [0.2, 0.25) is 0 Å². The Morgan fingerprint density at radius 2 is 1.76 bits per heavy atom. The van der Waals surface area contributed by atoms with Gasteiger partial charge in [0.15, 0.2) is 0 Å². The van der Waals surface area contributed by atoms with Gasteiger partial charge >= 0.3 is 5.97 Å². The first-order valence-corrected chi connectivity index (χ1v) is 6.94. The average molecular weight is 240 g/mol. The van der Waals surface area contributed by atoms with Crippen LogP contribution in [0.25, 0.3) is 0 Å². The monoisotopic (exact) mass is 240 g/mol. The zero-order valence-electron chi connectivity index (χ0n) is 11.7. The molecular weight excluding hydrogens is 212 g/mol. The molecule has 0 aromatic carbocycles. The van der Waals surface area contributed by atoms with E-state index in [1.54, 1.807) is 0 Å². The van der Waals surface area contributed by atoms with Gasteiger partial charge in [0.25, 0.3) is 0 Å². The van der Waals surface area contributed by atoms with Crippen molar-refractivity contribution in [1.82, 2.24) is 0 Å². The van der Waals surface area contributed by atoms with Crippen LogP contribution >= 0.6 is 0 Å². The van der Waals surface area contributed by atoms with Crippen molar-refractivity contribution in [2.45, 2.75) is 71.8 Å². The van der Waals surface area contributed by atoms with Gasteiger partial charge in [-0.3, -0.25) is 0 Å². The highest BCUT2D eigenvalue weighted by molar-refractivity contribution is 5.81. The van der Waals surface area contributed by atoms with Crippen molar-refractivity contribution in [1.29, 1.82) is 0 Å². The maximum absolute atomic E-state index is 11.0. The van der Waals surface area contributed by atoms with Gasteiger partial charge in [-0.2, -0.15) is 0 Å². The van der Waals surface area contributed by atoms with Crippen molar-refractivity contribution in [3.05, 3.63) is 12.7 Å². The standard InChI is InChI=1S/C15H28O2/c1-5-7-8-9-10-11-12-13(3)14(4)17-15(16)6-2/h6,13-14H,2,5,7-12H2,1,3-4H3. The van der Waals surface area contributed by atoms with E-state index >= 15 is 0 Å². The summed E-state index contributed by atoms with van der Waals surface area (Å²) in [5, 5.41) is 0. The van der Waals surface area contributed by atoms with Crippen molar-refractivity contribution in [2.24, 2.45) is 5.92 Å². The van der Waals surface area contributed by atoms with E-state index in [1.807, 2.05) is 6.92 Å². The van der Waals surface area contributed by atoms with Gasteiger partial charge in [-0.25, -0.2) is 4.79 Å². The van der Waals surface area contributed by atoms with Crippen molar-refractivity contribution in [2.75, 3.05) is 0 Å². The molecule has 17 heavy (non-hydrogen) atoms. The van der Waals surface area contributed by atoms with E-state index in [1.165, 1.54) is 44.6 Å². The van der Waals surface area contributed by atoms with Gasteiger partial charge in [0.05, 0.1) is 0 Å². The number of esters is 1. The molecule has 2 unspecified atom stereocenters. The summed E-state index contributed by atoms with van der Waals surface area (Å²) in [7, 11) is 0. The summed E-state index contributed by atoms with van der Waals surface area (Å²) in [6.45, 7) is 9.74. The van der Waals surface area contributed by atoms with Gasteiger partial charge in [-0.15, -0.1) is 0 Å². The third-order valence-corrected chi connectivity index (χ3v) is 3.28. The molecular formula is C15H28O2. The molecule has 0 saturated heterocycles. The lowest BCUT2D eigenvalue weighted by atomic mass is 9.97. The molecule has 0 saturated carbocycles. The summed E-state index contributed by atoms with van der Waals surface area (Å²) in [6.07, 6.45) is 10.2. The van der Waals surface area contributed by atoms with E-state index in [0.717, 1.165) is 6.42 Å². The van der Waals surface area contributed by atoms with Crippen LogP contribution in [-0.2, 0) is 9.53 Å². The van der Waals surface area contributed by atoms with Crippen LogP contribution in [0, 0.1) is 5.92 Å². The maximum Gasteiger partial charge on any atom is 0.330 e. The zero-order chi connectivity index (χ0) is 13.1. The molecule has 0 aromatic heterocycles. The summed E-state index contributed by atoms with van der Waals surface area (Å²) in [4.78, 5) is 11.0. The number of hydrogen-bond donors (Lipinski definition) is 0. The minimum atomic E-state index is -0.313. The second-order valence-corrected chi connectivity index (χ2v) is 4.88. The molecule has 0 fully saturated rings. The van der Waals surface area contributed by atoms with Crippen molar-refractivity contribution in [3.8, 4) is 0 Å². The molecule has 0 aliphatic rings. The molecule has 0 aliphatic heterocycles. The Balaban J connectivity index is 3.53. The number of hydrogen-bond acceptors (Lipinski definition) is 2. The van der Waals surface area contributed by atoms with E-state index in [2.05, 4.69) is 20.4 Å².